The number of rotatable bonds is 8. The summed E-state index contributed by atoms with van der Waals surface area (Å²) in [5.74, 6) is 1.06. The molecule has 1 rings (SSSR count). The minimum Gasteiger partial charge on any atom is -0.316 e. The molecule has 0 spiro atoms. The van der Waals surface area contributed by atoms with E-state index in [1.807, 2.05) is 4.68 Å². The smallest absolute Gasteiger partial charge is 0.138 e. The Bertz CT molecular complexity index is 366. The van der Waals surface area contributed by atoms with Crippen molar-refractivity contribution < 1.29 is 0 Å². The van der Waals surface area contributed by atoms with Crippen molar-refractivity contribution in [2.45, 2.75) is 53.0 Å². The first-order valence-electron chi connectivity index (χ1n) is 6.89. The summed E-state index contributed by atoms with van der Waals surface area (Å²) < 4.78 is 1.99. The van der Waals surface area contributed by atoms with Crippen LogP contribution in [0.25, 0.3) is 0 Å². The van der Waals surface area contributed by atoms with Crippen LogP contribution in [0.1, 0.15) is 52.4 Å². The third-order valence-corrected chi connectivity index (χ3v) is 2.81. The Labute approximate surface area is 110 Å². The molecule has 0 unspecified atom stereocenters. The van der Waals surface area contributed by atoms with Crippen molar-refractivity contribution >= 4 is 0 Å². The van der Waals surface area contributed by atoms with E-state index in [1.165, 1.54) is 12.0 Å². The van der Waals surface area contributed by atoms with E-state index in [0.29, 0.717) is 6.04 Å². The van der Waals surface area contributed by atoms with E-state index in [-0.39, 0.29) is 0 Å². The molecule has 4 heteroatoms. The molecule has 0 aliphatic carbocycles. The predicted molar refractivity (Wildman–Crippen MR) is 75.6 cm³/mol. The Kier molecular flexibility index (Phi) is 6.65. The third-order valence-electron chi connectivity index (χ3n) is 2.81. The van der Waals surface area contributed by atoms with Crippen LogP contribution in [0.15, 0.2) is 18.0 Å². The molecule has 18 heavy (non-hydrogen) atoms. The number of aromatic nitrogens is 3. The van der Waals surface area contributed by atoms with Crippen LogP contribution in [-0.2, 0) is 6.42 Å². The van der Waals surface area contributed by atoms with Crippen molar-refractivity contribution in [2.75, 3.05) is 13.1 Å². The number of nitrogens with one attached hydrogen (secondary N) is 1. The summed E-state index contributed by atoms with van der Waals surface area (Å²) in [6.07, 6.45) is 7.11. The van der Waals surface area contributed by atoms with Crippen molar-refractivity contribution in [3.8, 4) is 0 Å². The van der Waals surface area contributed by atoms with Crippen LogP contribution in [-0.4, -0.2) is 27.9 Å². The molecule has 102 valence electrons. The first-order valence-corrected chi connectivity index (χ1v) is 6.89. The van der Waals surface area contributed by atoms with Gasteiger partial charge in [-0.25, -0.2) is 9.67 Å². The van der Waals surface area contributed by atoms with Crippen LogP contribution in [0, 0.1) is 0 Å². The van der Waals surface area contributed by atoms with Gasteiger partial charge in [-0.1, -0.05) is 18.6 Å². The predicted octanol–water partition coefficient (Wildman–Crippen LogP) is 2.74. The molecule has 1 aromatic heterocycles. The van der Waals surface area contributed by atoms with Gasteiger partial charge in [-0.15, -0.1) is 0 Å². The van der Waals surface area contributed by atoms with Gasteiger partial charge in [0, 0.05) is 12.5 Å². The topological polar surface area (TPSA) is 42.7 Å². The van der Waals surface area contributed by atoms with Crippen LogP contribution < -0.4 is 5.32 Å². The molecule has 1 N–H and O–H groups in total. The van der Waals surface area contributed by atoms with Gasteiger partial charge in [0.2, 0.25) is 0 Å². The monoisotopic (exact) mass is 250 g/mol. The van der Waals surface area contributed by atoms with E-state index in [9.17, 15) is 0 Å². The zero-order valence-corrected chi connectivity index (χ0v) is 12.1. The second kappa shape index (κ2) is 8.03. The van der Waals surface area contributed by atoms with E-state index >= 15 is 0 Å². The lowest BCUT2D eigenvalue weighted by Crippen LogP contribution is -2.15. The van der Waals surface area contributed by atoms with Gasteiger partial charge in [0.1, 0.15) is 12.2 Å². The minimum absolute atomic E-state index is 0.376. The highest BCUT2D eigenvalue weighted by Gasteiger charge is 2.07. The van der Waals surface area contributed by atoms with Gasteiger partial charge in [-0.2, -0.15) is 5.10 Å². The van der Waals surface area contributed by atoms with E-state index in [0.717, 1.165) is 31.8 Å². The average molecular weight is 250 g/mol. The first-order chi connectivity index (χ1) is 8.65. The first kappa shape index (κ1) is 14.9. The van der Waals surface area contributed by atoms with Crippen LogP contribution in [0.5, 0.6) is 0 Å². The molecule has 0 radical (unpaired) electrons. The zero-order valence-electron chi connectivity index (χ0n) is 12.1. The standard InChI is InChI=1S/C14H26N4/c1-5-8-15-9-6-7-13(4)10-14-16-11-17-18(14)12(2)3/h7,11-12,15H,5-6,8-10H2,1-4H3. The van der Waals surface area contributed by atoms with Crippen LogP contribution in [0.3, 0.4) is 0 Å². The molecule has 0 fully saturated rings. The quantitative estimate of drug-likeness (QED) is 0.570. The molecular weight excluding hydrogens is 224 g/mol. The maximum Gasteiger partial charge on any atom is 0.138 e. The third kappa shape index (κ3) is 5.00. The molecule has 4 nitrogen and oxygen atoms in total. The average Bonchev–Trinajstić information content (AvgIpc) is 2.77. The van der Waals surface area contributed by atoms with Crippen molar-refractivity contribution in [1.29, 1.82) is 0 Å². The van der Waals surface area contributed by atoms with Gasteiger partial charge >= 0.3 is 0 Å². The highest BCUT2D eigenvalue weighted by molar-refractivity contribution is 5.07. The van der Waals surface area contributed by atoms with Crippen molar-refractivity contribution in [2.24, 2.45) is 0 Å². The van der Waals surface area contributed by atoms with Gasteiger partial charge in [-0.3, -0.25) is 0 Å². The Hall–Kier alpha value is -1.16. The summed E-state index contributed by atoms with van der Waals surface area (Å²) in [6.45, 7) is 10.8. The number of hydrogen-bond acceptors (Lipinski definition) is 3. The summed E-state index contributed by atoms with van der Waals surface area (Å²) in [5.41, 5.74) is 1.36. The summed E-state index contributed by atoms with van der Waals surface area (Å²) >= 11 is 0. The lowest BCUT2D eigenvalue weighted by atomic mass is 10.1. The summed E-state index contributed by atoms with van der Waals surface area (Å²) in [6, 6.07) is 0.376. The number of hydrogen-bond donors (Lipinski definition) is 1. The van der Waals surface area contributed by atoms with Gasteiger partial charge < -0.3 is 5.32 Å². The molecule has 0 saturated carbocycles. The van der Waals surface area contributed by atoms with Gasteiger partial charge in [0.05, 0.1) is 0 Å². The van der Waals surface area contributed by atoms with E-state index in [4.69, 9.17) is 0 Å². The van der Waals surface area contributed by atoms with Gasteiger partial charge in [-0.05, 0) is 46.7 Å². The van der Waals surface area contributed by atoms with Crippen molar-refractivity contribution in [1.82, 2.24) is 20.1 Å². The fourth-order valence-electron chi connectivity index (χ4n) is 1.88. The lowest BCUT2D eigenvalue weighted by molar-refractivity contribution is 0.509. The largest absolute Gasteiger partial charge is 0.316 e. The van der Waals surface area contributed by atoms with Crippen molar-refractivity contribution in [3.63, 3.8) is 0 Å². The molecule has 1 aromatic rings. The fraction of sp³-hybridized carbons (Fsp3) is 0.714. The summed E-state index contributed by atoms with van der Waals surface area (Å²) in [4.78, 5) is 4.33. The molecule has 0 saturated heterocycles. The second-order valence-corrected chi connectivity index (χ2v) is 4.98. The SMILES string of the molecule is CCCNCCC=C(C)Cc1ncnn1C(C)C. The van der Waals surface area contributed by atoms with Crippen LogP contribution in [0.4, 0.5) is 0 Å². The highest BCUT2D eigenvalue weighted by atomic mass is 15.3. The minimum atomic E-state index is 0.376. The normalized spacial score (nSPS) is 12.4. The van der Waals surface area contributed by atoms with Crippen LogP contribution in [0.2, 0.25) is 0 Å². The molecule has 0 amide bonds. The lowest BCUT2D eigenvalue weighted by Gasteiger charge is -2.09. The molecule has 0 aliphatic heterocycles. The second-order valence-electron chi connectivity index (χ2n) is 4.98. The van der Waals surface area contributed by atoms with E-state index in [1.54, 1.807) is 6.33 Å². The summed E-state index contributed by atoms with van der Waals surface area (Å²) in [5, 5.41) is 7.66. The van der Waals surface area contributed by atoms with Crippen LogP contribution >= 0.6 is 0 Å². The maximum absolute atomic E-state index is 4.33. The number of allylic oxidation sites excluding steroid dienone is 1. The van der Waals surface area contributed by atoms with E-state index < -0.39 is 0 Å². The molecule has 0 aromatic carbocycles. The molecule has 0 aliphatic rings. The Morgan fingerprint density at radius 3 is 2.89 bits per heavy atom. The van der Waals surface area contributed by atoms with E-state index in [2.05, 4.69) is 49.2 Å². The molecule has 0 atom stereocenters. The number of nitrogens with zero attached hydrogens (tertiary/aromatic N) is 3. The summed E-state index contributed by atoms with van der Waals surface area (Å²) in [7, 11) is 0. The van der Waals surface area contributed by atoms with Gasteiger partial charge in [0.25, 0.3) is 0 Å². The highest BCUT2D eigenvalue weighted by Crippen LogP contribution is 2.10. The Morgan fingerprint density at radius 1 is 1.44 bits per heavy atom. The Balaban J connectivity index is 2.41. The fourth-order valence-corrected chi connectivity index (χ4v) is 1.88. The molecular formula is C14H26N4. The maximum atomic E-state index is 4.33. The van der Waals surface area contributed by atoms with Crippen molar-refractivity contribution in [3.05, 3.63) is 23.8 Å². The molecule has 1 heterocycles. The zero-order chi connectivity index (χ0) is 13.4. The van der Waals surface area contributed by atoms with Gasteiger partial charge in [0.15, 0.2) is 0 Å². The Morgan fingerprint density at radius 2 is 2.22 bits per heavy atom. The molecule has 0 bridgehead atoms.